The zero-order chi connectivity index (χ0) is 9.10. The van der Waals surface area contributed by atoms with E-state index in [4.69, 9.17) is 5.11 Å². The molecule has 0 atom stereocenters. The Balaban J connectivity index is 2.40. The Kier molecular flexibility index (Phi) is 2.50. The van der Waals surface area contributed by atoms with Crippen LogP contribution in [0.25, 0.3) is 0 Å². The second-order valence-corrected chi connectivity index (χ2v) is 3.49. The first-order valence-corrected chi connectivity index (χ1v) is 4.87. The standard InChI is InChI=1S/C11H15NO/c13-8-9-4-3-6-11-10(9)5-1-2-7-12-11/h3-4,6,12-13H,1-2,5,7-8H2. The van der Waals surface area contributed by atoms with Crippen LogP contribution in [0.3, 0.4) is 0 Å². The van der Waals surface area contributed by atoms with Crippen LogP contribution in [0.15, 0.2) is 18.2 Å². The maximum Gasteiger partial charge on any atom is 0.0685 e. The number of nitrogens with one attached hydrogen (secondary N) is 1. The van der Waals surface area contributed by atoms with E-state index in [1.54, 1.807) is 0 Å². The van der Waals surface area contributed by atoms with Crippen molar-refractivity contribution in [1.29, 1.82) is 0 Å². The number of aliphatic hydroxyl groups excluding tert-OH is 1. The van der Waals surface area contributed by atoms with Gasteiger partial charge in [-0.25, -0.2) is 0 Å². The summed E-state index contributed by atoms with van der Waals surface area (Å²) in [6, 6.07) is 6.11. The highest BCUT2D eigenvalue weighted by Crippen LogP contribution is 2.24. The highest BCUT2D eigenvalue weighted by Gasteiger charge is 2.09. The fraction of sp³-hybridized carbons (Fsp3) is 0.455. The largest absolute Gasteiger partial charge is 0.392 e. The summed E-state index contributed by atoms with van der Waals surface area (Å²) in [6.45, 7) is 1.22. The van der Waals surface area contributed by atoms with Crippen molar-refractivity contribution in [3.8, 4) is 0 Å². The predicted octanol–water partition coefficient (Wildman–Crippen LogP) is 1.93. The van der Waals surface area contributed by atoms with Gasteiger partial charge in [-0.05, 0) is 36.5 Å². The van der Waals surface area contributed by atoms with Crippen molar-refractivity contribution in [2.45, 2.75) is 25.9 Å². The highest BCUT2D eigenvalue weighted by atomic mass is 16.3. The van der Waals surface area contributed by atoms with Gasteiger partial charge in [-0.15, -0.1) is 0 Å². The van der Waals surface area contributed by atoms with Crippen molar-refractivity contribution in [3.63, 3.8) is 0 Å². The second kappa shape index (κ2) is 3.79. The van der Waals surface area contributed by atoms with E-state index in [9.17, 15) is 0 Å². The molecule has 0 unspecified atom stereocenters. The van der Waals surface area contributed by atoms with Crippen LogP contribution in [0.4, 0.5) is 5.69 Å². The lowest BCUT2D eigenvalue weighted by Crippen LogP contribution is -2.01. The molecule has 0 aliphatic carbocycles. The molecule has 1 aliphatic rings. The molecule has 2 rings (SSSR count). The maximum absolute atomic E-state index is 9.16. The lowest BCUT2D eigenvalue weighted by molar-refractivity contribution is 0.280. The van der Waals surface area contributed by atoms with Gasteiger partial charge >= 0.3 is 0 Å². The van der Waals surface area contributed by atoms with Gasteiger partial charge in [0.25, 0.3) is 0 Å². The number of fused-ring (bicyclic) bond motifs is 1. The van der Waals surface area contributed by atoms with Gasteiger partial charge in [-0.3, -0.25) is 0 Å². The lowest BCUT2D eigenvalue weighted by atomic mass is 10.0. The first kappa shape index (κ1) is 8.57. The van der Waals surface area contributed by atoms with Gasteiger partial charge in [0, 0.05) is 12.2 Å². The zero-order valence-corrected chi connectivity index (χ0v) is 7.71. The molecule has 1 aromatic rings. The number of hydrogen-bond donors (Lipinski definition) is 2. The van der Waals surface area contributed by atoms with Crippen LogP contribution in [0.1, 0.15) is 24.0 Å². The van der Waals surface area contributed by atoms with Crippen LogP contribution in [-0.4, -0.2) is 11.7 Å². The molecule has 0 bridgehead atoms. The van der Waals surface area contributed by atoms with Crippen molar-refractivity contribution >= 4 is 5.69 Å². The summed E-state index contributed by atoms with van der Waals surface area (Å²) in [7, 11) is 0. The minimum atomic E-state index is 0.158. The smallest absolute Gasteiger partial charge is 0.0685 e. The molecule has 0 fully saturated rings. The van der Waals surface area contributed by atoms with Gasteiger partial charge < -0.3 is 10.4 Å². The Morgan fingerprint density at radius 1 is 1.31 bits per heavy atom. The minimum absolute atomic E-state index is 0.158. The summed E-state index contributed by atoms with van der Waals surface area (Å²) in [5, 5.41) is 12.5. The summed E-state index contributed by atoms with van der Waals surface area (Å²) in [5.41, 5.74) is 3.60. The summed E-state index contributed by atoms with van der Waals surface area (Å²) >= 11 is 0. The summed E-state index contributed by atoms with van der Waals surface area (Å²) in [4.78, 5) is 0. The van der Waals surface area contributed by atoms with E-state index in [1.165, 1.54) is 24.1 Å². The average Bonchev–Trinajstić information content (AvgIpc) is 2.41. The molecule has 0 spiro atoms. The summed E-state index contributed by atoms with van der Waals surface area (Å²) in [5.74, 6) is 0. The molecule has 2 N–H and O–H groups in total. The molecular formula is C11H15NO. The second-order valence-electron chi connectivity index (χ2n) is 3.49. The Hall–Kier alpha value is -1.02. The molecule has 13 heavy (non-hydrogen) atoms. The van der Waals surface area contributed by atoms with Gasteiger partial charge in [0.2, 0.25) is 0 Å². The van der Waals surface area contributed by atoms with Gasteiger partial charge in [0.05, 0.1) is 6.61 Å². The Labute approximate surface area is 78.6 Å². The van der Waals surface area contributed by atoms with Crippen LogP contribution >= 0.6 is 0 Å². The quantitative estimate of drug-likeness (QED) is 0.687. The maximum atomic E-state index is 9.16. The molecule has 1 heterocycles. The van der Waals surface area contributed by atoms with Crippen LogP contribution in [0.5, 0.6) is 0 Å². The average molecular weight is 177 g/mol. The van der Waals surface area contributed by atoms with Crippen molar-refractivity contribution in [3.05, 3.63) is 29.3 Å². The van der Waals surface area contributed by atoms with Crippen molar-refractivity contribution in [2.75, 3.05) is 11.9 Å². The molecule has 0 saturated carbocycles. The zero-order valence-electron chi connectivity index (χ0n) is 7.71. The molecule has 0 aromatic heterocycles. The Morgan fingerprint density at radius 2 is 2.23 bits per heavy atom. The SMILES string of the molecule is OCc1cccc2c1CCCCN2. The fourth-order valence-electron chi connectivity index (χ4n) is 1.89. The number of hydrogen-bond acceptors (Lipinski definition) is 2. The van der Waals surface area contributed by atoms with E-state index in [-0.39, 0.29) is 6.61 Å². The topological polar surface area (TPSA) is 32.3 Å². The van der Waals surface area contributed by atoms with Crippen LogP contribution in [0.2, 0.25) is 0 Å². The van der Waals surface area contributed by atoms with E-state index >= 15 is 0 Å². The van der Waals surface area contributed by atoms with Gasteiger partial charge in [0.15, 0.2) is 0 Å². The molecule has 0 saturated heterocycles. The number of benzene rings is 1. The molecule has 70 valence electrons. The minimum Gasteiger partial charge on any atom is -0.392 e. The summed E-state index contributed by atoms with van der Waals surface area (Å²) < 4.78 is 0. The molecule has 2 nitrogen and oxygen atoms in total. The third kappa shape index (κ3) is 1.68. The predicted molar refractivity (Wildman–Crippen MR) is 53.8 cm³/mol. The normalized spacial score (nSPS) is 15.8. The van der Waals surface area contributed by atoms with E-state index in [2.05, 4.69) is 11.4 Å². The van der Waals surface area contributed by atoms with Crippen molar-refractivity contribution in [1.82, 2.24) is 0 Å². The Morgan fingerprint density at radius 3 is 3.08 bits per heavy atom. The third-order valence-electron chi connectivity index (χ3n) is 2.61. The van der Waals surface area contributed by atoms with E-state index in [0.717, 1.165) is 18.5 Å². The fourth-order valence-corrected chi connectivity index (χ4v) is 1.89. The third-order valence-corrected chi connectivity index (χ3v) is 2.61. The van der Waals surface area contributed by atoms with Crippen LogP contribution in [0, 0.1) is 0 Å². The van der Waals surface area contributed by atoms with E-state index in [1.807, 2.05) is 12.1 Å². The van der Waals surface area contributed by atoms with E-state index < -0.39 is 0 Å². The molecule has 0 radical (unpaired) electrons. The van der Waals surface area contributed by atoms with Crippen LogP contribution in [-0.2, 0) is 13.0 Å². The molecular weight excluding hydrogens is 162 g/mol. The number of rotatable bonds is 1. The van der Waals surface area contributed by atoms with Crippen molar-refractivity contribution in [2.24, 2.45) is 0 Å². The Bertz CT molecular complexity index is 296. The van der Waals surface area contributed by atoms with E-state index in [0.29, 0.717) is 0 Å². The number of anilines is 1. The monoisotopic (exact) mass is 177 g/mol. The molecule has 1 aliphatic heterocycles. The molecule has 0 amide bonds. The van der Waals surface area contributed by atoms with Crippen LogP contribution < -0.4 is 5.32 Å². The number of aliphatic hydroxyl groups is 1. The van der Waals surface area contributed by atoms with Crippen molar-refractivity contribution < 1.29 is 5.11 Å². The van der Waals surface area contributed by atoms with Gasteiger partial charge in [-0.1, -0.05) is 12.1 Å². The van der Waals surface area contributed by atoms with Gasteiger partial charge in [0.1, 0.15) is 0 Å². The van der Waals surface area contributed by atoms with Gasteiger partial charge in [-0.2, -0.15) is 0 Å². The highest BCUT2D eigenvalue weighted by molar-refractivity contribution is 5.55. The lowest BCUT2D eigenvalue weighted by Gasteiger charge is -2.10. The first-order chi connectivity index (χ1) is 6.42. The molecule has 2 heteroatoms. The molecule has 1 aromatic carbocycles. The first-order valence-electron chi connectivity index (χ1n) is 4.87. The summed E-state index contributed by atoms with van der Waals surface area (Å²) in [6.07, 6.45) is 3.54.